The lowest BCUT2D eigenvalue weighted by Crippen LogP contribution is -2.10. The van der Waals surface area contributed by atoms with Crippen LogP contribution >= 0.6 is 27.5 Å². The summed E-state index contributed by atoms with van der Waals surface area (Å²) in [4.78, 5) is 0. The highest BCUT2D eigenvalue weighted by Gasteiger charge is 2.40. The maximum atomic E-state index is 9.73. The summed E-state index contributed by atoms with van der Waals surface area (Å²) in [6, 6.07) is 5.66. The van der Waals surface area contributed by atoms with E-state index >= 15 is 0 Å². The SMILES string of the molecule is OC1(Cc2cc(Cl)ccc2Br)CC1. The predicted octanol–water partition coefficient (Wildman–Crippen LogP) is 3.17. The van der Waals surface area contributed by atoms with Crippen LogP contribution in [-0.4, -0.2) is 10.7 Å². The molecule has 1 aromatic carbocycles. The highest BCUT2D eigenvalue weighted by Crippen LogP contribution is 2.39. The van der Waals surface area contributed by atoms with Crippen molar-refractivity contribution in [1.82, 2.24) is 0 Å². The molecule has 1 nitrogen and oxygen atoms in total. The molecule has 0 aliphatic heterocycles. The van der Waals surface area contributed by atoms with E-state index in [1.165, 1.54) is 0 Å². The van der Waals surface area contributed by atoms with Crippen LogP contribution in [0.2, 0.25) is 5.02 Å². The monoisotopic (exact) mass is 260 g/mol. The zero-order chi connectivity index (χ0) is 9.47. The van der Waals surface area contributed by atoms with Crippen molar-refractivity contribution < 1.29 is 5.11 Å². The van der Waals surface area contributed by atoms with Crippen molar-refractivity contribution >= 4 is 27.5 Å². The molecule has 0 heterocycles. The Bertz CT molecular complexity index is 334. The molecule has 1 saturated carbocycles. The van der Waals surface area contributed by atoms with Crippen LogP contribution in [0.25, 0.3) is 0 Å². The van der Waals surface area contributed by atoms with Gasteiger partial charge in [-0.3, -0.25) is 0 Å². The molecule has 0 atom stereocenters. The lowest BCUT2D eigenvalue weighted by atomic mass is 10.1. The zero-order valence-electron chi connectivity index (χ0n) is 7.06. The number of benzene rings is 1. The van der Waals surface area contributed by atoms with Crippen LogP contribution in [0.3, 0.4) is 0 Å². The van der Waals surface area contributed by atoms with E-state index < -0.39 is 5.60 Å². The fraction of sp³-hybridized carbons (Fsp3) is 0.400. The van der Waals surface area contributed by atoms with E-state index in [2.05, 4.69) is 15.9 Å². The van der Waals surface area contributed by atoms with Gasteiger partial charge in [-0.05, 0) is 36.6 Å². The van der Waals surface area contributed by atoms with Crippen molar-refractivity contribution in [2.75, 3.05) is 0 Å². The minimum Gasteiger partial charge on any atom is -0.390 e. The summed E-state index contributed by atoms with van der Waals surface area (Å²) in [7, 11) is 0. The van der Waals surface area contributed by atoms with E-state index in [-0.39, 0.29) is 0 Å². The third-order valence-corrected chi connectivity index (χ3v) is 3.36. The van der Waals surface area contributed by atoms with E-state index in [0.29, 0.717) is 6.42 Å². The van der Waals surface area contributed by atoms with Crippen LogP contribution in [0.1, 0.15) is 18.4 Å². The lowest BCUT2D eigenvalue weighted by Gasteiger charge is -2.09. The molecule has 13 heavy (non-hydrogen) atoms. The van der Waals surface area contributed by atoms with Crippen molar-refractivity contribution in [2.45, 2.75) is 24.9 Å². The van der Waals surface area contributed by atoms with Gasteiger partial charge in [-0.2, -0.15) is 0 Å². The standard InChI is InChI=1S/C10H10BrClO/c11-9-2-1-8(12)5-7(9)6-10(13)3-4-10/h1-2,5,13H,3-4,6H2. The van der Waals surface area contributed by atoms with Crippen molar-refractivity contribution in [2.24, 2.45) is 0 Å². The summed E-state index contributed by atoms with van der Waals surface area (Å²) < 4.78 is 1.03. The average molecular weight is 262 g/mol. The van der Waals surface area contributed by atoms with E-state index in [4.69, 9.17) is 11.6 Å². The summed E-state index contributed by atoms with van der Waals surface area (Å²) in [5.74, 6) is 0. The first kappa shape index (κ1) is 9.50. The van der Waals surface area contributed by atoms with Crippen LogP contribution < -0.4 is 0 Å². The molecule has 0 bridgehead atoms. The van der Waals surface area contributed by atoms with Crippen molar-refractivity contribution in [3.05, 3.63) is 33.3 Å². The Balaban J connectivity index is 2.23. The molecule has 1 aromatic rings. The average Bonchev–Trinajstić information content (AvgIpc) is 2.76. The van der Waals surface area contributed by atoms with Crippen LogP contribution in [0, 0.1) is 0 Å². The molecule has 2 rings (SSSR count). The molecule has 1 fully saturated rings. The molecule has 1 N–H and O–H groups in total. The Morgan fingerprint density at radius 1 is 1.46 bits per heavy atom. The third-order valence-electron chi connectivity index (χ3n) is 2.35. The lowest BCUT2D eigenvalue weighted by molar-refractivity contribution is 0.151. The zero-order valence-corrected chi connectivity index (χ0v) is 9.40. The first-order valence-electron chi connectivity index (χ1n) is 4.25. The number of rotatable bonds is 2. The highest BCUT2D eigenvalue weighted by atomic mass is 79.9. The third kappa shape index (κ3) is 2.25. The van der Waals surface area contributed by atoms with Gasteiger partial charge >= 0.3 is 0 Å². The fourth-order valence-electron chi connectivity index (χ4n) is 1.35. The molecule has 0 aromatic heterocycles. The first-order chi connectivity index (χ1) is 6.09. The number of hydrogen-bond donors (Lipinski definition) is 1. The summed E-state index contributed by atoms with van der Waals surface area (Å²) >= 11 is 9.30. The summed E-state index contributed by atoms with van der Waals surface area (Å²) in [6.45, 7) is 0. The molecular formula is C10H10BrClO. The molecule has 70 valence electrons. The maximum absolute atomic E-state index is 9.73. The van der Waals surface area contributed by atoms with Gasteiger partial charge in [0.25, 0.3) is 0 Å². The van der Waals surface area contributed by atoms with E-state index in [1.807, 2.05) is 18.2 Å². The van der Waals surface area contributed by atoms with Gasteiger partial charge in [-0.25, -0.2) is 0 Å². The van der Waals surface area contributed by atoms with Gasteiger partial charge in [0.2, 0.25) is 0 Å². The van der Waals surface area contributed by atoms with Gasteiger partial charge < -0.3 is 5.11 Å². The largest absolute Gasteiger partial charge is 0.390 e. The predicted molar refractivity (Wildman–Crippen MR) is 57.0 cm³/mol. The van der Waals surface area contributed by atoms with Crippen LogP contribution in [0.4, 0.5) is 0 Å². The van der Waals surface area contributed by atoms with Crippen LogP contribution in [-0.2, 0) is 6.42 Å². The minimum atomic E-state index is -0.451. The topological polar surface area (TPSA) is 20.2 Å². The number of hydrogen-bond acceptors (Lipinski definition) is 1. The Morgan fingerprint density at radius 3 is 2.77 bits per heavy atom. The summed E-state index contributed by atoms with van der Waals surface area (Å²) in [5.41, 5.74) is 0.639. The van der Waals surface area contributed by atoms with Gasteiger partial charge in [0.1, 0.15) is 0 Å². The van der Waals surface area contributed by atoms with Crippen molar-refractivity contribution in [3.63, 3.8) is 0 Å². The summed E-state index contributed by atoms with van der Waals surface area (Å²) in [5, 5.41) is 10.5. The van der Waals surface area contributed by atoms with E-state index in [9.17, 15) is 5.11 Å². The molecule has 0 radical (unpaired) electrons. The molecular weight excluding hydrogens is 251 g/mol. The van der Waals surface area contributed by atoms with E-state index in [1.54, 1.807) is 0 Å². The van der Waals surface area contributed by atoms with Gasteiger partial charge in [-0.1, -0.05) is 27.5 Å². The second-order valence-corrected chi connectivity index (χ2v) is 4.93. The Kier molecular flexibility index (Phi) is 2.39. The number of aliphatic hydroxyl groups is 1. The second kappa shape index (κ2) is 3.26. The normalized spacial score (nSPS) is 18.7. The number of halogens is 2. The summed E-state index contributed by atoms with van der Waals surface area (Å²) in [6.07, 6.45) is 2.52. The highest BCUT2D eigenvalue weighted by molar-refractivity contribution is 9.10. The maximum Gasteiger partial charge on any atom is 0.0690 e. The molecule has 0 amide bonds. The van der Waals surface area contributed by atoms with Gasteiger partial charge in [-0.15, -0.1) is 0 Å². The molecule has 1 aliphatic carbocycles. The molecule has 0 saturated heterocycles. The molecule has 3 heteroatoms. The van der Waals surface area contributed by atoms with Gasteiger partial charge in [0.05, 0.1) is 5.60 Å². The first-order valence-corrected chi connectivity index (χ1v) is 5.42. The minimum absolute atomic E-state index is 0.451. The fourth-order valence-corrected chi connectivity index (χ4v) is 1.94. The Morgan fingerprint density at radius 2 is 2.15 bits per heavy atom. The van der Waals surface area contributed by atoms with Crippen molar-refractivity contribution in [1.29, 1.82) is 0 Å². The molecule has 0 unspecified atom stereocenters. The second-order valence-electron chi connectivity index (χ2n) is 3.64. The van der Waals surface area contributed by atoms with Crippen LogP contribution in [0.5, 0.6) is 0 Å². The smallest absolute Gasteiger partial charge is 0.0690 e. The van der Waals surface area contributed by atoms with E-state index in [0.717, 1.165) is 27.9 Å². The van der Waals surface area contributed by atoms with Crippen LogP contribution in [0.15, 0.2) is 22.7 Å². The van der Waals surface area contributed by atoms with Crippen molar-refractivity contribution in [3.8, 4) is 0 Å². The Labute approximate surface area is 90.9 Å². The van der Waals surface area contributed by atoms with Gasteiger partial charge in [0.15, 0.2) is 0 Å². The molecule has 0 spiro atoms. The molecule has 1 aliphatic rings. The quantitative estimate of drug-likeness (QED) is 0.867. The Hall–Kier alpha value is -0.0500. The van der Waals surface area contributed by atoms with Gasteiger partial charge in [0, 0.05) is 15.9 Å².